The Bertz CT molecular complexity index is 869. The molecule has 0 bridgehead atoms. The van der Waals surface area contributed by atoms with Crippen molar-refractivity contribution < 1.29 is 24.9 Å². The number of nitrogens with two attached hydrogens (primary N) is 3. The van der Waals surface area contributed by atoms with Crippen molar-refractivity contribution in [2.24, 2.45) is 11.5 Å². The molecule has 12 nitrogen and oxygen atoms in total. The highest BCUT2D eigenvalue weighted by molar-refractivity contribution is 5.81. The Morgan fingerprint density at radius 2 is 2.04 bits per heavy atom. The van der Waals surface area contributed by atoms with Crippen LogP contribution in [0.5, 0.6) is 0 Å². The molecule has 0 aromatic carbocycles. The molecule has 2 aromatic rings. The zero-order valence-corrected chi connectivity index (χ0v) is 14.2. The molecular weight excluding hydrogens is 358 g/mol. The van der Waals surface area contributed by atoms with Crippen LogP contribution < -0.4 is 17.2 Å². The quantitative estimate of drug-likeness (QED) is 0.325. The molecule has 1 aliphatic heterocycles. The van der Waals surface area contributed by atoms with Gasteiger partial charge in [-0.2, -0.15) is 0 Å². The summed E-state index contributed by atoms with van der Waals surface area (Å²) in [6.45, 7) is 0. The Kier molecular flexibility index (Phi) is 5.23. The maximum absolute atomic E-state index is 10.7. The Hall–Kier alpha value is -2.80. The summed E-state index contributed by atoms with van der Waals surface area (Å²) >= 11 is 0. The van der Waals surface area contributed by atoms with E-state index in [0.29, 0.717) is 11.2 Å². The van der Waals surface area contributed by atoms with Gasteiger partial charge in [0.1, 0.15) is 42.2 Å². The lowest BCUT2D eigenvalue weighted by Crippen LogP contribution is -2.32. The number of aromatic nitrogens is 4. The van der Waals surface area contributed by atoms with Crippen molar-refractivity contribution in [1.82, 2.24) is 19.5 Å². The predicted molar refractivity (Wildman–Crippen MR) is 92.8 cm³/mol. The van der Waals surface area contributed by atoms with Crippen LogP contribution in [0, 0.1) is 0 Å². The van der Waals surface area contributed by atoms with Gasteiger partial charge < -0.3 is 37.3 Å². The van der Waals surface area contributed by atoms with E-state index in [0.717, 1.165) is 0 Å². The Balaban J connectivity index is 1.77. The van der Waals surface area contributed by atoms with Gasteiger partial charge in [-0.3, -0.25) is 9.36 Å². The SMILES string of the molecule is Nc1ncnc2c1ncn2[C@@H]1OC(=C[C@@H](N)CC[C@H](N)C(=O)O)[C@@H](O)[C@H]1O. The zero-order chi connectivity index (χ0) is 19.7. The summed E-state index contributed by atoms with van der Waals surface area (Å²) in [5.41, 5.74) is 17.8. The molecule has 0 saturated carbocycles. The second-order valence-corrected chi connectivity index (χ2v) is 6.28. The fourth-order valence-corrected chi connectivity index (χ4v) is 2.81. The molecule has 0 spiro atoms. The largest absolute Gasteiger partial charge is 0.480 e. The van der Waals surface area contributed by atoms with Gasteiger partial charge in [0, 0.05) is 6.04 Å². The van der Waals surface area contributed by atoms with E-state index in [-0.39, 0.29) is 24.4 Å². The van der Waals surface area contributed by atoms with Crippen molar-refractivity contribution in [3.63, 3.8) is 0 Å². The predicted octanol–water partition coefficient (Wildman–Crippen LogP) is -1.94. The molecule has 3 rings (SSSR count). The fraction of sp³-hybridized carbons (Fsp3) is 0.467. The van der Waals surface area contributed by atoms with Gasteiger partial charge in [-0.15, -0.1) is 0 Å². The third-order valence-electron chi connectivity index (χ3n) is 4.33. The number of carboxylic acids is 1. The maximum Gasteiger partial charge on any atom is 0.320 e. The van der Waals surface area contributed by atoms with Gasteiger partial charge in [0.05, 0.1) is 0 Å². The second-order valence-electron chi connectivity index (χ2n) is 6.28. The van der Waals surface area contributed by atoms with Gasteiger partial charge >= 0.3 is 5.97 Å². The lowest BCUT2D eigenvalue weighted by Gasteiger charge is -2.16. The highest BCUT2D eigenvalue weighted by Gasteiger charge is 2.41. The van der Waals surface area contributed by atoms with Crippen LogP contribution in [0.3, 0.4) is 0 Å². The molecule has 3 heterocycles. The molecule has 12 heteroatoms. The first kappa shape index (κ1) is 19.0. The number of aliphatic hydroxyl groups is 2. The van der Waals surface area contributed by atoms with Gasteiger partial charge in [0.15, 0.2) is 11.5 Å². The van der Waals surface area contributed by atoms with Crippen molar-refractivity contribution in [1.29, 1.82) is 0 Å². The van der Waals surface area contributed by atoms with Gasteiger partial charge in [-0.1, -0.05) is 0 Å². The number of nitrogens with zero attached hydrogens (tertiary/aromatic N) is 4. The van der Waals surface area contributed by atoms with Crippen molar-refractivity contribution >= 4 is 23.0 Å². The minimum absolute atomic E-state index is 0.0766. The number of hydrogen-bond donors (Lipinski definition) is 6. The van der Waals surface area contributed by atoms with Gasteiger partial charge in [-0.25, -0.2) is 15.0 Å². The average molecular weight is 379 g/mol. The topological polar surface area (TPSA) is 209 Å². The van der Waals surface area contributed by atoms with Crippen LogP contribution in [-0.2, 0) is 9.53 Å². The zero-order valence-electron chi connectivity index (χ0n) is 14.2. The van der Waals surface area contributed by atoms with Crippen molar-refractivity contribution in [2.45, 2.75) is 43.4 Å². The number of ether oxygens (including phenoxy) is 1. The number of anilines is 1. The van der Waals surface area contributed by atoms with Crippen LogP contribution in [0.25, 0.3) is 11.2 Å². The molecule has 0 radical (unpaired) electrons. The molecular formula is C15H21N7O5. The summed E-state index contributed by atoms with van der Waals surface area (Å²) in [5, 5.41) is 29.4. The van der Waals surface area contributed by atoms with E-state index in [9.17, 15) is 15.0 Å². The molecule has 2 aromatic heterocycles. The van der Waals surface area contributed by atoms with Gasteiger partial charge in [-0.05, 0) is 18.9 Å². The number of aliphatic hydroxyl groups excluding tert-OH is 2. The lowest BCUT2D eigenvalue weighted by molar-refractivity contribution is -0.138. The third-order valence-corrected chi connectivity index (χ3v) is 4.33. The Morgan fingerprint density at radius 1 is 1.30 bits per heavy atom. The molecule has 1 fully saturated rings. The van der Waals surface area contributed by atoms with E-state index in [1.807, 2.05) is 0 Å². The van der Waals surface area contributed by atoms with E-state index < -0.39 is 36.5 Å². The number of aliphatic carboxylic acids is 1. The third kappa shape index (κ3) is 3.68. The summed E-state index contributed by atoms with van der Waals surface area (Å²) < 4.78 is 7.10. The smallest absolute Gasteiger partial charge is 0.320 e. The highest BCUT2D eigenvalue weighted by Crippen LogP contribution is 2.34. The summed E-state index contributed by atoms with van der Waals surface area (Å²) in [5.74, 6) is -0.858. The van der Waals surface area contributed by atoms with Crippen LogP contribution in [0.15, 0.2) is 24.5 Å². The number of hydrogen-bond acceptors (Lipinski definition) is 10. The Morgan fingerprint density at radius 3 is 2.74 bits per heavy atom. The first-order valence-corrected chi connectivity index (χ1v) is 8.21. The number of carboxylic acid groups (broad SMARTS) is 1. The first-order valence-electron chi connectivity index (χ1n) is 8.21. The number of nitrogen functional groups attached to an aromatic ring is 1. The van der Waals surface area contributed by atoms with Crippen LogP contribution in [0.2, 0.25) is 0 Å². The molecule has 1 aliphatic rings. The maximum atomic E-state index is 10.7. The first-order chi connectivity index (χ1) is 12.8. The van der Waals surface area contributed by atoms with Crippen molar-refractivity contribution in [3.8, 4) is 0 Å². The van der Waals surface area contributed by atoms with E-state index in [2.05, 4.69) is 15.0 Å². The van der Waals surface area contributed by atoms with Gasteiger partial charge in [0.2, 0.25) is 6.23 Å². The number of imidazole rings is 1. The summed E-state index contributed by atoms with van der Waals surface area (Å²) in [6, 6.07) is -1.63. The highest BCUT2D eigenvalue weighted by atomic mass is 16.5. The molecule has 9 N–H and O–H groups in total. The minimum Gasteiger partial charge on any atom is -0.480 e. The fourth-order valence-electron chi connectivity index (χ4n) is 2.81. The summed E-state index contributed by atoms with van der Waals surface area (Å²) in [4.78, 5) is 22.8. The number of carbonyl (C=O) groups is 1. The normalized spacial score (nSPS) is 26.2. The monoisotopic (exact) mass is 379 g/mol. The van der Waals surface area contributed by atoms with E-state index in [1.54, 1.807) is 0 Å². The molecule has 0 amide bonds. The average Bonchev–Trinajstić information content (AvgIpc) is 3.17. The summed E-state index contributed by atoms with van der Waals surface area (Å²) in [6.07, 6.45) is 0.904. The van der Waals surface area contributed by atoms with Crippen LogP contribution in [0.1, 0.15) is 19.1 Å². The van der Waals surface area contributed by atoms with Crippen LogP contribution in [-0.4, -0.2) is 65.1 Å². The minimum atomic E-state index is -1.31. The number of fused-ring (bicyclic) bond motifs is 1. The van der Waals surface area contributed by atoms with E-state index in [1.165, 1.54) is 23.3 Å². The second kappa shape index (κ2) is 7.44. The van der Waals surface area contributed by atoms with Crippen molar-refractivity contribution in [2.75, 3.05) is 5.73 Å². The lowest BCUT2D eigenvalue weighted by atomic mass is 10.1. The van der Waals surface area contributed by atoms with E-state index in [4.69, 9.17) is 27.0 Å². The molecule has 0 unspecified atom stereocenters. The van der Waals surface area contributed by atoms with E-state index >= 15 is 0 Å². The van der Waals surface area contributed by atoms with Crippen LogP contribution >= 0.6 is 0 Å². The van der Waals surface area contributed by atoms with Crippen LogP contribution in [0.4, 0.5) is 5.82 Å². The number of rotatable bonds is 6. The molecule has 5 atom stereocenters. The summed E-state index contributed by atoms with van der Waals surface area (Å²) in [7, 11) is 0. The van der Waals surface area contributed by atoms with Gasteiger partial charge in [0.25, 0.3) is 0 Å². The molecule has 27 heavy (non-hydrogen) atoms. The van der Waals surface area contributed by atoms with Crippen molar-refractivity contribution in [3.05, 3.63) is 24.5 Å². The Labute approximate surface area is 153 Å². The molecule has 0 aliphatic carbocycles. The molecule has 1 saturated heterocycles. The standard InChI is InChI=1S/C15H21N7O5/c16-6(1-2-7(17)15(25)26)3-8-10(23)11(24)14(27-8)22-5-21-9-12(18)19-4-20-13(9)22/h3-7,10-11,14,23-24H,1-2,16-17H2,(H,25,26)(H2,18,19,20)/t6-,7-,10+,11+,14+/m0/s1. The molecule has 146 valence electrons.